The number of rotatable bonds is 0. The van der Waals surface area contributed by atoms with E-state index in [-0.39, 0.29) is 23.6 Å². The summed E-state index contributed by atoms with van der Waals surface area (Å²) in [6.07, 6.45) is 1.78. The molecule has 0 spiro atoms. The molecule has 4 heteroatoms. The highest BCUT2D eigenvalue weighted by molar-refractivity contribution is 5.86. The van der Waals surface area contributed by atoms with E-state index in [4.69, 9.17) is 4.74 Å². The first-order valence-corrected chi connectivity index (χ1v) is 6.60. The van der Waals surface area contributed by atoms with Crippen molar-refractivity contribution in [1.29, 1.82) is 0 Å². The smallest absolute Gasteiger partial charge is 0.309 e. The van der Waals surface area contributed by atoms with E-state index in [9.17, 15) is 14.7 Å². The number of aliphatic hydroxyl groups is 1. The molecule has 1 aliphatic heterocycles. The van der Waals surface area contributed by atoms with Crippen LogP contribution in [0.2, 0.25) is 0 Å². The van der Waals surface area contributed by atoms with Crippen LogP contribution in [-0.4, -0.2) is 28.6 Å². The number of ketones is 1. The molecule has 98 valence electrons. The van der Waals surface area contributed by atoms with Gasteiger partial charge in [0.05, 0.1) is 11.8 Å². The van der Waals surface area contributed by atoms with Crippen molar-refractivity contribution >= 4 is 11.8 Å². The van der Waals surface area contributed by atoms with Crippen molar-refractivity contribution in [3.05, 3.63) is 12.2 Å². The van der Waals surface area contributed by atoms with Crippen LogP contribution in [0, 0.1) is 17.8 Å². The third-order valence-corrected chi connectivity index (χ3v) is 5.03. The number of ether oxygens (including phenoxy) is 1. The molecule has 0 aromatic heterocycles. The summed E-state index contributed by atoms with van der Waals surface area (Å²) >= 11 is 0. The molecular formula is C14H18O4. The Hall–Kier alpha value is -1.16. The molecule has 3 fully saturated rings. The molecule has 2 saturated carbocycles. The van der Waals surface area contributed by atoms with Crippen molar-refractivity contribution in [1.82, 2.24) is 0 Å². The Morgan fingerprint density at radius 3 is 2.78 bits per heavy atom. The van der Waals surface area contributed by atoms with Crippen LogP contribution in [0.1, 0.15) is 32.6 Å². The van der Waals surface area contributed by atoms with Crippen LogP contribution in [0.25, 0.3) is 0 Å². The molecule has 1 N–H and O–H groups in total. The van der Waals surface area contributed by atoms with E-state index in [1.807, 2.05) is 6.92 Å². The van der Waals surface area contributed by atoms with Gasteiger partial charge < -0.3 is 9.84 Å². The van der Waals surface area contributed by atoms with Gasteiger partial charge in [-0.25, -0.2) is 0 Å². The van der Waals surface area contributed by atoms with E-state index in [0.717, 1.165) is 6.42 Å². The van der Waals surface area contributed by atoms with Crippen LogP contribution in [0.5, 0.6) is 0 Å². The molecule has 0 aromatic carbocycles. The lowest BCUT2D eigenvalue weighted by Gasteiger charge is -2.48. The number of Topliss-reactive ketones (excluding diaryl/α,β-unsaturated/α-hetero) is 1. The molecule has 1 saturated heterocycles. The Kier molecular flexibility index (Phi) is 2.43. The minimum atomic E-state index is -1.32. The average molecular weight is 250 g/mol. The van der Waals surface area contributed by atoms with Gasteiger partial charge >= 0.3 is 5.97 Å². The molecule has 18 heavy (non-hydrogen) atoms. The summed E-state index contributed by atoms with van der Waals surface area (Å²) in [7, 11) is 0. The van der Waals surface area contributed by atoms with Gasteiger partial charge in [0, 0.05) is 12.3 Å². The standard InChI is InChI=1S/C14H18O4/c1-7-3-6-11(15)10-5-4-9-8(2)13(16)18-12(9)14(7,10)17/h8-10,12,17H,1,3-6H2,2H3/t8-,9-,10?,12-,14+/m0/s1. The van der Waals surface area contributed by atoms with Crippen molar-refractivity contribution in [2.24, 2.45) is 17.8 Å². The zero-order chi connectivity index (χ0) is 13.1. The summed E-state index contributed by atoms with van der Waals surface area (Å²) in [6.45, 7) is 5.76. The van der Waals surface area contributed by atoms with E-state index in [2.05, 4.69) is 6.58 Å². The van der Waals surface area contributed by atoms with Crippen LogP contribution in [0.3, 0.4) is 0 Å². The predicted molar refractivity (Wildman–Crippen MR) is 63.6 cm³/mol. The number of hydrogen-bond donors (Lipinski definition) is 1. The summed E-state index contributed by atoms with van der Waals surface area (Å²) in [6, 6.07) is 0. The Morgan fingerprint density at radius 1 is 1.33 bits per heavy atom. The number of hydrogen-bond acceptors (Lipinski definition) is 4. The molecule has 1 unspecified atom stereocenters. The van der Waals surface area contributed by atoms with E-state index >= 15 is 0 Å². The summed E-state index contributed by atoms with van der Waals surface area (Å²) < 4.78 is 5.37. The van der Waals surface area contributed by atoms with Gasteiger partial charge in [-0.05, 0) is 24.8 Å². The maximum atomic E-state index is 12.0. The first kappa shape index (κ1) is 11.9. The van der Waals surface area contributed by atoms with E-state index < -0.39 is 17.6 Å². The molecule has 2 aliphatic carbocycles. The largest absolute Gasteiger partial charge is 0.458 e. The lowest BCUT2D eigenvalue weighted by Crippen LogP contribution is -2.60. The topological polar surface area (TPSA) is 63.6 Å². The number of esters is 1. The fraction of sp³-hybridized carbons (Fsp3) is 0.714. The molecule has 0 bridgehead atoms. The molecule has 0 amide bonds. The van der Waals surface area contributed by atoms with Gasteiger partial charge in [0.25, 0.3) is 0 Å². The van der Waals surface area contributed by atoms with Crippen molar-refractivity contribution < 1.29 is 19.4 Å². The van der Waals surface area contributed by atoms with Gasteiger partial charge in [-0.1, -0.05) is 13.5 Å². The zero-order valence-electron chi connectivity index (χ0n) is 10.5. The minimum Gasteiger partial charge on any atom is -0.458 e. The summed E-state index contributed by atoms with van der Waals surface area (Å²) in [5.41, 5.74) is -0.665. The van der Waals surface area contributed by atoms with E-state index in [1.165, 1.54) is 0 Å². The highest BCUT2D eigenvalue weighted by atomic mass is 16.6. The predicted octanol–water partition coefficient (Wildman–Crippen LogP) is 1.22. The molecule has 3 aliphatic rings. The summed E-state index contributed by atoms with van der Waals surface area (Å²) in [4.78, 5) is 23.7. The fourth-order valence-corrected chi connectivity index (χ4v) is 3.85. The van der Waals surface area contributed by atoms with E-state index in [0.29, 0.717) is 24.8 Å². The van der Waals surface area contributed by atoms with Crippen molar-refractivity contribution in [3.8, 4) is 0 Å². The van der Waals surface area contributed by atoms with Crippen LogP contribution >= 0.6 is 0 Å². The third-order valence-electron chi connectivity index (χ3n) is 5.03. The molecule has 5 atom stereocenters. The summed E-state index contributed by atoms with van der Waals surface area (Å²) in [5, 5.41) is 10.9. The monoisotopic (exact) mass is 250 g/mol. The van der Waals surface area contributed by atoms with Gasteiger partial charge in [0.1, 0.15) is 17.5 Å². The Morgan fingerprint density at radius 2 is 2.06 bits per heavy atom. The van der Waals surface area contributed by atoms with Crippen LogP contribution < -0.4 is 0 Å². The third kappa shape index (κ3) is 1.30. The zero-order valence-corrected chi connectivity index (χ0v) is 10.5. The normalized spacial score (nSPS) is 47.6. The van der Waals surface area contributed by atoms with Gasteiger partial charge in [0.2, 0.25) is 0 Å². The SMILES string of the molecule is C=C1CCC(=O)C2CC[C@H]3[C@H](C)C(=O)O[C@@H]3[C@@]12O. The Bertz CT molecular complexity index is 441. The van der Waals surface area contributed by atoms with Gasteiger partial charge in [-0.3, -0.25) is 9.59 Å². The quantitative estimate of drug-likeness (QED) is 0.518. The molecule has 0 radical (unpaired) electrons. The second kappa shape index (κ2) is 3.67. The lowest BCUT2D eigenvalue weighted by atomic mass is 9.59. The van der Waals surface area contributed by atoms with E-state index in [1.54, 1.807) is 0 Å². The summed E-state index contributed by atoms with van der Waals surface area (Å²) in [5.74, 6) is -0.784. The Balaban J connectivity index is 2.03. The van der Waals surface area contributed by atoms with Crippen LogP contribution in [0.4, 0.5) is 0 Å². The fourth-order valence-electron chi connectivity index (χ4n) is 3.85. The number of fused-ring (bicyclic) bond motifs is 3. The molecule has 3 rings (SSSR count). The second-order valence-electron chi connectivity index (χ2n) is 5.84. The first-order valence-electron chi connectivity index (χ1n) is 6.60. The van der Waals surface area contributed by atoms with Crippen molar-refractivity contribution in [2.75, 3.05) is 0 Å². The van der Waals surface area contributed by atoms with Gasteiger partial charge in [-0.2, -0.15) is 0 Å². The van der Waals surface area contributed by atoms with Gasteiger partial charge in [0.15, 0.2) is 0 Å². The Labute approximate surface area is 106 Å². The highest BCUT2D eigenvalue weighted by Gasteiger charge is 2.62. The van der Waals surface area contributed by atoms with Crippen molar-refractivity contribution in [2.45, 2.75) is 44.3 Å². The molecule has 4 nitrogen and oxygen atoms in total. The first-order chi connectivity index (χ1) is 8.46. The number of carbonyl (C=O) groups is 2. The van der Waals surface area contributed by atoms with Gasteiger partial charge in [-0.15, -0.1) is 0 Å². The average Bonchev–Trinajstić information content (AvgIpc) is 2.63. The minimum absolute atomic E-state index is 0.0152. The maximum absolute atomic E-state index is 12.0. The molecule has 1 heterocycles. The molecule has 0 aromatic rings. The van der Waals surface area contributed by atoms with Crippen LogP contribution in [0.15, 0.2) is 12.2 Å². The highest BCUT2D eigenvalue weighted by Crippen LogP contribution is 2.52. The van der Waals surface area contributed by atoms with Crippen LogP contribution in [-0.2, 0) is 14.3 Å². The number of carbonyl (C=O) groups excluding carboxylic acids is 2. The second-order valence-corrected chi connectivity index (χ2v) is 5.84. The molecular weight excluding hydrogens is 232 g/mol. The lowest BCUT2D eigenvalue weighted by molar-refractivity contribution is -0.171. The maximum Gasteiger partial charge on any atom is 0.309 e. The van der Waals surface area contributed by atoms with Crippen molar-refractivity contribution in [3.63, 3.8) is 0 Å².